The maximum Gasteiger partial charge on any atom is 0.262 e. The number of anilines is 1. The van der Waals surface area contributed by atoms with Crippen molar-refractivity contribution < 1.29 is 24.9 Å². The van der Waals surface area contributed by atoms with Crippen LogP contribution in [0.25, 0.3) is 16.8 Å². The van der Waals surface area contributed by atoms with Gasteiger partial charge in [-0.1, -0.05) is 18.2 Å². The van der Waals surface area contributed by atoms with Crippen LogP contribution in [0.1, 0.15) is 19.4 Å². The van der Waals surface area contributed by atoms with Crippen molar-refractivity contribution in [1.82, 2.24) is 5.32 Å². The number of nitrogens with one attached hydrogen (secondary N) is 1. The van der Waals surface area contributed by atoms with Gasteiger partial charge in [-0.3, -0.25) is 4.79 Å². The first kappa shape index (κ1) is 23.7. The van der Waals surface area contributed by atoms with E-state index in [2.05, 4.69) is 36.2 Å². The average Bonchev–Trinajstić information content (AvgIpc) is 2.81. The third kappa shape index (κ3) is 5.26. The highest BCUT2D eigenvalue weighted by Crippen LogP contribution is 2.24. The third-order valence-corrected chi connectivity index (χ3v) is 5.72. The second kappa shape index (κ2) is 10.6. The van der Waals surface area contributed by atoms with Gasteiger partial charge in [-0.15, -0.1) is 0 Å². The Labute approximate surface area is 187 Å². The topological polar surface area (TPSA) is 126 Å². The lowest BCUT2D eigenvalue weighted by atomic mass is 10.00. The van der Waals surface area contributed by atoms with E-state index in [1.807, 2.05) is 30.3 Å². The van der Waals surface area contributed by atoms with E-state index in [4.69, 9.17) is 4.74 Å². The summed E-state index contributed by atoms with van der Waals surface area (Å²) in [6.45, 7) is 5.82. The van der Waals surface area contributed by atoms with Crippen LogP contribution in [-0.4, -0.2) is 71.9 Å². The number of aliphatic hydroxyl groups excluding tert-OH is 3. The normalized spacial score (nSPS) is 23.6. The van der Waals surface area contributed by atoms with Gasteiger partial charge in [-0.2, -0.15) is 5.26 Å². The molecule has 2 aromatic rings. The molecule has 0 bridgehead atoms. The van der Waals surface area contributed by atoms with Gasteiger partial charge < -0.3 is 30.3 Å². The summed E-state index contributed by atoms with van der Waals surface area (Å²) in [5, 5.41) is 43.3. The zero-order valence-electron chi connectivity index (χ0n) is 18.2. The summed E-state index contributed by atoms with van der Waals surface area (Å²) < 4.78 is 5.27. The lowest BCUT2D eigenvalue weighted by Gasteiger charge is -2.35. The number of hydrogen-bond acceptors (Lipinski definition) is 7. The molecule has 1 fully saturated rings. The van der Waals surface area contributed by atoms with Crippen molar-refractivity contribution in [3.63, 3.8) is 0 Å². The molecule has 1 saturated heterocycles. The number of hydrogen-bond donors (Lipinski definition) is 4. The molecule has 1 aliphatic rings. The fourth-order valence-electron chi connectivity index (χ4n) is 3.78. The van der Waals surface area contributed by atoms with Gasteiger partial charge in [-0.05, 0) is 54.5 Å². The standard InChI is InChI=1S/C24H29N3O5/c1-3-27(4-2)19-8-7-16-9-15(5-6-17(16)11-19)10-18(12-25)24(31)26-13-21-23(30)22(29)20(28)14-32-21/h5-11,20-23,28-30H,3-4,13-14H2,1-2H3,(H,26,31)/b18-10+/t20-,21+,22+,23+/m0/s1. The van der Waals surface area contributed by atoms with Crippen molar-refractivity contribution in [2.45, 2.75) is 38.3 Å². The molecular weight excluding hydrogens is 410 g/mol. The molecular formula is C24H29N3O5. The van der Waals surface area contributed by atoms with Crippen molar-refractivity contribution in [1.29, 1.82) is 5.26 Å². The van der Waals surface area contributed by atoms with Gasteiger partial charge in [-0.25, -0.2) is 0 Å². The molecule has 8 heteroatoms. The van der Waals surface area contributed by atoms with E-state index in [0.717, 1.165) is 29.5 Å². The Hall–Kier alpha value is -2.96. The van der Waals surface area contributed by atoms with Crippen LogP contribution >= 0.6 is 0 Å². The molecule has 4 atom stereocenters. The lowest BCUT2D eigenvalue weighted by molar-refractivity contribution is -0.185. The molecule has 3 rings (SSSR count). The Bertz CT molecular complexity index is 1030. The highest BCUT2D eigenvalue weighted by Gasteiger charge is 2.37. The molecule has 1 aliphatic heterocycles. The number of fused-ring (bicyclic) bond motifs is 1. The first-order chi connectivity index (χ1) is 15.4. The SMILES string of the molecule is CCN(CC)c1ccc2cc(/C=C(\C#N)C(=O)NC[C@H]3OC[C@H](O)[C@@H](O)[C@@H]3O)ccc2c1. The lowest BCUT2D eigenvalue weighted by Crippen LogP contribution is -2.56. The maximum atomic E-state index is 12.5. The van der Waals surface area contributed by atoms with Gasteiger partial charge in [0.1, 0.15) is 36.1 Å². The molecule has 1 heterocycles. The molecule has 2 aromatic carbocycles. The Morgan fingerprint density at radius 2 is 1.84 bits per heavy atom. The molecule has 0 unspecified atom stereocenters. The van der Waals surface area contributed by atoms with Gasteiger partial charge in [0.15, 0.2) is 0 Å². The summed E-state index contributed by atoms with van der Waals surface area (Å²) in [4.78, 5) is 14.7. The van der Waals surface area contributed by atoms with Crippen LogP contribution in [0.2, 0.25) is 0 Å². The number of amides is 1. The fraction of sp³-hybridized carbons (Fsp3) is 0.417. The number of rotatable bonds is 7. The van der Waals surface area contributed by atoms with Crippen molar-refractivity contribution in [2.24, 2.45) is 0 Å². The Kier molecular flexibility index (Phi) is 7.83. The summed E-state index contributed by atoms with van der Waals surface area (Å²) >= 11 is 0. The van der Waals surface area contributed by atoms with Crippen LogP contribution in [0, 0.1) is 11.3 Å². The molecule has 0 spiro atoms. The van der Waals surface area contributed by atoms with Gasteiger partial charge in [0.05, 0.1) is 6.61 Å². The van der Waals surface area contributed by atoms with Crippen LogP contribution in [0.15, 0.2) is 42.0 Å². The number of nitriles is 1. The number of carbonyl (C=O) groups excluding carboxylic acids is 1. The molecule has 8 nitrogen and oxygen atoms in total. The van der Waals surface area contributed by atoms with Crippen molar-refractivity contribution in [3.8, 4) is 6.07 Å². The van der Waals surface area contributed by atoms with E-state index in [1.54, 1.807) is 0 Å². The number of ether oxygens (including phenoxy) is 1. The monoisotopic (exact) mass is 439 g/mol. The van der Waals surface area contributed by atoms with Crippen LogP contribution in [0.5, 0.6) is 0 Å². The van der Waals surface area contributed by atoms with Gasteiger partial charge in [0, 0.05) is 25.3 Å². The summed E-state index contributed by atoms with van der Waals surface area (Å²) in [5.74, 6) is -0.610. The largest absolute Gasteiger partial charge is 0.388 e. The maximum absolute atomic E-state index is 12.5. The second-order valence-corrected chi connectivity index (χ2v) is 7.76. The van der Waals surface area contributed by atoms with E-state index < -0.39 is 30.3 Å². The van der Waals surface area contributed by atoms with Gasteiger partial charge in [0.25, 0.3) is 5.91 Å². The van der Waals surface area contributed by atoms with Crippen LogP contribution < -0.4 is 10.2 Å². The molecule has 0 saturated carbocycles. The predicted molar refractivity (Wildman–Crippen MR) is 122 cm³/mol. The number of benzene rings is 2. The average molecular weight is 440 g/mol. The van der Waals surface area contributed by atoms with Gasteiger partial charge in [0.2, 0.25) is 0 Å². The van der Waals surface area contributed by atoms with E-state index in [0.29, 0.717) is 5.56 Å². The quantitative estimate of drug-likeness (QED) is 0.377. The number of nitrogens with zero attached hydrogens (tertiary/aromatic N) is 2. The first-order valence-electron chi connectivity index (χ1n) is 10.7. The summed E-state index contributed by atoms with van der Waals surface area (Å²) in [5.41, 5.74) is 1.77. The zero-order chi connectivity index (χ0) is 23.3. The van der Waals surface area contributed by atoms with Crippen LogP contribution in [0.3, 0.4) is 0 Å². The highest BCUT2D eigenvalue weighted by molar-refractivity contribution is 6.02. The summed E-state index contributed by atoms with van der Waals surface area (Å²) in [6, 6.07) is 13.8. The van der Waals surface area contributed by atoms with Crippen molar-refractivity contribution in [3.05, 3.63) is 47.5 Å². The fourth-order valence-corrected chi connectivity index (χ4v) is 3.78. The van der Waals surface area contributed by atoms with Crippen LogP contribution in [0.4, 0.5) is 5.69 Å². The molecule has 4 N–H and O–H groups in total. The highest BCUT2D eigenvalue weighted by atomic mass is 16.5. The Morgan fingerprint density at radius 3 is 2.53 bits per heavy atom. The smallest absolute Gasteiger partial charge is 0.262 e. The van der Waals surface area contributed by atoms with E-state index in [9.17, 15) is 25.4 Å². The molecule has 32 heavy (non-hydrogen) atoms. The molecule has 170 valence electrons. The minimum Gasteiger partial charge on any atom is -0.388 e. The van der Waals surface area contributed by atoms with Crippen molar-refractivity contribution in [2.75, 3.05) is 31.1 Å². The molecule has 0 aliphatic carbocycles. The molecule has 1 amide bonds. The van der Waals surface area contributed by atoms with Crippen LogP contribution in [-0.2, 0) is 9.53 Å². The number of carbonyl (C=O) groups is 1. The zero-order valence-corrected chi connectivity index (χ0v) is 18.2. The second-order valence-electron chi connectivity index (χ2n) is 7.76. The Morgan fingerprint density at radius 1 is 1.16 bits per heavy atom. The summed E-state index contributed by atoms with van der Waals surface area (Å²) in [7, 11) is 0. The molecule has 0 aromatic heterocycles. The molecule has 0 radical (unpaired) electrons. The van der Waals surface area contributed by atoms with Gasteiger partial charge >= 0.3 is 0 Å². The summed E-state index contributed by atoms with van der Waals surface area (Å²) in [6.07, 6.45) is -3.24. The third-order valence-electron chi connectivity index (χ3n) is 5.72. The van der Waals surface area contributed by atoms with E-state index in [1.165, 1.54) is 6.08 Å². The van der Waals surface area contributed by atoms with Crippen molar-refractivity contribution >= 4 is 28.4 Å². The van der Waals surface area contributed by atoms with E-state index >= 15 is 0 Å². The predicted octanol–water partition coefficient (Wildman–Crippen LogP) is 1.19. The number of aliphatic hydroxyl groups is 3. The Balaban J connectivity index is 1.71. The minimum absolute atomic E-state index is 0.0880. The first-order valence-corrected chi connectivity index (χ1v) is 10.7. The minimum atomic E-state index is -1.35. The van der Waals surface area contributed by atoms with E-state index in [-0.39, 0.29) is 18.7 Å².